The lowest BCUT2D eigenvalue weighted by molar-refractivity contribution is 0.363. The molecule has 12 aromatic rings. The van der Waals surface area contributed by atoms with Crippen molar-refractivity contribution in [2.45, 2.75) is 10.8 Å². The van der Waals surface area contributed by atoms with Gasteiger partial charge < -0.3 is 19.3 Å². The van der Waals surface area contributed by atoms with Crippen molar-refractivity contribution in [3.05, 3.63) is 373 Å². The quantitative estimate of drug-likeness (QED) is 0.0849. The van der Waals surface area contributed by atoms with E-state index in [1.165, 1.54) is 66.8 Å². The summed E-state index contributed by atoms with van der Waals surface area (Å²) in [5.74, 6) is 1.63. The van der Waals surface area contributed by atoms with Crippen molar-refractivity contribution < 1.29 is 9.47 Å². The van der Waals surface area contributed by atoms with Gasteiger partial charge in [0.1, 0.15) is 24.7 Å². The molecule has 0 bridgehead atoms. The molecular formula is C80H60N2O2. The minimum Gasteiger partial charge on any atom is -0.490 e. The summed E-state index contributed by atoms with van der Waals surface area (Å²) < 4.78 is 12.0. The van der Waals surface area contributed by atoms with E-state index < -0.39 is 10.8 Å². The molecule has 0 N–H and O–H groups in total. The highest BCUT2D eigenvalue weighted by atomic mass is 16.5. The molecule has 0 aliphatic heterocycles. The second kappa shape index (κ2) is 22.0. The molecule has 12 aromatic carbocycles. The van der Waals surface area contributed by atoms with E-state index in [9.17, 15) is 0 Å². The molecule has 2 aliphatic rings. The third-order valence-corrected chi connectivity index (χ3v) is 16.9. The zero-order valence-corrected chi connectivity index (χ0v) is 46.6. The Morgan fingerprint density at radius 1 is 0.274 bits per heavy atom. The number of hydrogen-bond acceptors (Lipinski definition) is 4. The lowest BCUT2D eigenvalue weighted by Crippen LogP contribution is -2.28. The van der Waals surface area contributed by atoms with E-state index in [4.69, 9.17) is 9.47 Å². The summed E-state index contributed by atoms with van der Waals surface area (Å²) in [6, 6.07) is 110. The van der Waals surface area contributed by atoms with Crippen LogP contribution in [0.25, 0.3) is 33.4 Å². The summed E-state index contributed by atoms with van der Waals surface area (Å²) in [5.41, 5.74) is 22.1. The second-order valence-electron chi connectivity index (χ2n) is 21.5. The number of benzene rings is 12. The van der Waals surface area contributed by atoms with Gasteiger partial charge in [0.2, 0.25) is 0 Å². The molecular weight excluding hydrogens is 1020 g/mol. The number of nitrogens with zero attached hydrogens (tertiary/aromatic N) is 2. The second-order valence-corrected chi connectivity index (χ2v) is 21.5. The highest BCUT2D eigenvalue weighted by molar-refractivity contribution is 5.92. The fourth-order valence-corrected chi connectivity index (χ4v) is 13.3. The summed E-state index contributed by atoms with van der Waals surface area (Å²) in [7, 11) is 0. The van der Waals surface area contributed by atoms with Gasteiger partial charge in [-0.1, -0.05) is 232 Å². The predicted molar refractivity (Wildman–Crippen MR) is 347 cm³/mol. The first-order valence-electron chi connectivity index (χ1n) is 28.8. The predicted octanol–water partition coefficient (Wildman–Crippen LogP) is 20.1. The molecule has 0 saturated carbocycles. The van der Waals surface area contributed by atoms with Crippen molar-refractivity contribution in [1.82, 2.24) is 0 Å². The lowest BCUT2D eigenvalue weighted by atomic mass is 9.67. The van der Waals surface area contributed by atoms with E-state index in [1.54, 1.807) is 12.2 Å². The fraction of sp³-hybridized carbons (Fsp3) is 0.0500. The largest absolute Gasteiger partial charge is 0.490 e. The first-order valence-corrected chi connectivity index (χ1v) is 28.8. The minimum atomic E-state index is -0.595. The van der Waals surface area contributed by atoms with Gasteiger partial charge >= 0.3 is 0 Å². The zero-order chi connectivity index (χ0) is 56.5. The van der Waals surface area contributed by atoms with Crippen LogP contribution >= 0.6 is 0 Å². The molecule has 2 aliphatic carbocycles. The number of anilines is 6. The molecule has 402 valence electrons. The molecule has 1 unspecified atom stereocenters. The van der Waals surface area contributed by atoms with Gasteiger partial charge in [0.25, 0.3) is 0 Å². The molecule has 0 aromatic heterocycles. The Bertz CT molecular complexity index is 4030. The molecule has 0 saturated heterocycles. The topological polar surface area (TPSA) is 24.9 Å². The third kappa shape index (κ3) is 8.70. The van der Waals surface area contributed by atoms with Crippen LogP contribution in [0.2, 0.25) is 0 Å². The fourth-order valence-electron chi connectivity index (χ4n) is 13.3. The van der Waals surface area contributed by atoms with Gasteiger partial charge in [-0.3, -0.25) is 0 Å². The van der Waals surface area contributed by atoms with E-state index in [2.05, 4.69) is 326 Å². The van der Waals surface area contributed by atoms with Crippen molar-refractivity contribution >= 4 is 34.1 Å². The van der Waals surface area contributed by atoms with Crippen LogP contribution in [0, 0.1) is 0 Å². The van der Waals surface area contributed by atoms with Crippen molar-refractivity contribution in [2.24, 2.45) is 0 Å². The maximum atomic E-state index is 6.01. The first-order chi connectivity index (χ1) is 41.6. The van der Waals surface area contributed by atoms with Gasteiger partial charge in [-0.2, -0.15) is 0 Å². The van der Waals surface area contributed by atoms with Crippen LogP contribution in [0.4, 0.5) is 34.1 Å². The number of ether oxygens (including phenoxy) is 2. The molecule has 84 heavy (non-hydrogen) atoms. The van der Waals surface area contributed by atoms with Crippen molar-refractivity contribution in [1.29, 1.82) is 0 Å². The van der Waals surface area contributed by atoms with E-state index in [1.807, 2.05) is 0 Å². The zero-order valence-electron chi connectivity index (χ0n) is 46.6. The number of fused-ring (bicyclic) bond motifs is 6. The molecule has 2 atom stereocenters. The van der Waals surface area contributed by atoms with Crippen molar-refractivity contribution in [3.63, 3.8) is 0 Å². The molecule has 0 amide bonds. The standard InChI is InChI=1S/C80H60N2O2/c1-3-53-83-69-47-37-61(38-48-69)79(59-21-9-5-10-22-59)75-31-19-17-29-71(75)73-51-45-67(55-77(73)79)81(63-25-13-7-14-26-63)65-41-33-57(34-42-65)58-35-43-66(44-36-58)82(64-27-15-8-16-28-64)68-46-52-74-72-30-18-20-32-76(72)80(78(74)56-68,60-23-11-6-12-24-60)62-39-49-70(50-40-62)84-54-4-2/h3-52,55-56H,1-2,53-54H2/t79-,80?/m0/s1. The Balaban J connectivity index is 0.837. The molecule has 0 spiro atoms. The molecule has 0 fully saturated rings. The summed E-state index contributed by atoms with van der Waals surface area (Å²) in [5, 5.41) is 0. The molecule has 4 nitrogen and oxygen atoms in total. The molecule has 14 rings (SSSR count). The van der Waals surface area contributed by atoms with Gasteiger partial charge in [0.05, 0.1) is 10.8 Å². The first kappa shape index (κ1) is 51.5. The van der Waals surface area contributed by atoms with Crippen LogP contribution < -0.4 is 19.3 Å². The van der Waals surface area contributed by atoms with Gasteiger partial charge in [0.15, 0.2) is 0 Å². The average Bonchev–Trinajstić information content (AvgIpc) is 2.34. The Morgan fingerprint density at radius 2 is 0.571 bits per heavy atom. The number of hydrogen-bond donors (Lipinski definition) is 0. The third-order valence-electron chi connectivity index (χ3n) is 16.9. The SMILES string of the molecule is C=CCOc1ccc(C2(c3ccccc3)c3ccccc3-c3ccc(N(c4ccccc4)c4ccc(-c5ccc(N(c6ccccc6)c6ccc7c(c6)[C@@](c6ccccc6)(c6ccc(OCC=C)cc6)c6ccccc6-7)cc5)cc4)cc32)cc1. The lowest BCUT2D eigenvalue weighted by Gasteiger charge is -2.35. The Hall–Kier alpha value is -10.7. The summed E-state index contributed by atoms with van der Waals surface area (Å²) >= 11 is 0. The maximum absolute atomic E-state index is 6.01. The summed E-state index contributed by atoms with van der Waals surface area (Å²) in [4.78, 5) is 4.76. The molecule has 0 radical (unpaired) electrons. The van der Waals surface area contributed by atoms with Crippen LogP contribution in [0.3, 0.4) is 0 Å². The number of rotatable bonds is 17. The van der Waals surface area contributed by atoms with Gasteiger partial charge in [-0.05, 0) is 175 Å². The normalized spacial score (nSPS) is 15.2. The maximum Gasteiger partial charge on any atom is 0.119 e. The number of para-hydroxylation sites is 2. The van der Waals surface area contributed by atoms with Crippen LogP contribution in [-0.4, -0.2) is 13.2 Å². The Morgan fingerprint density at radius 3 is 0.940 bits per heavy atom. The van der Waals surface area contributed by atoms with E-state index >= 15 is 0 Å². The minimum absolute atomic E-state index is 0.448. The molecule has 4 heteroatoms. The highest BCUT2D eigenvalue weighted by Gasteiger charge is 2.48. The Labute approximate surface area is 492 Å². The van der Waals surface area contributed by atoms with Crippen LogP contribution in [-0.2, 0) is 10.8 Å². The van der Waals surface area contributed by atoms with Crippen LogP contribution in [0.5, 0.6) is 11.5 Å². The Kier molecular flexibility index (Phi) is 13.5. The van der Waals surface area contributed by atoms with E-state index in [-0.39, 0.29) is 0 Å². The van der Waals surface area contributed by atoms with Gasteiger partial charge in [-0.15, -0.1) is 0 Å². The summed E-state index contributed by atoms with van der Waals surface area (Å²) in [6.07, 6.45) is 3.56. The van der Waals surface area contributed by atoms with Crippen molar-refractivity contribution in [3.8, 4) is 44.9 Å². The highest BCUT2D eigenvalue weighted by Crippen LogP contribution is 2.59. The van der Waals surface area contributed by atoms with Gasteiger partial charge in [0, 0.05) is 34.1 Å². The smallest absolute Gasteiger partial charge is 0.119 e. The molecule has 0 heterocycles. The van der Waals surface area contributed by atoms with Crippen LogP contribution in [0.15, 0.2) is 329 Å². The average molecular weight is 1080 g/mol. The van der Waals surface area contributed by atoms with E-state index in [0.29, 0.717) is 13.2 Å². The summed E-state index contributed by atoms with van der Waals surface area (Å²) in [6.45, 7) is 8.63. The van der Waals surface area contributed by atoms with Crippen molar-refractivity contribution in [2.75, 3.05) is 23.0 Å². The van der Waals surface area contributed by atoms with E-state index in [0.717, 1.165) is 56.8 Å². The monoisotopic (exact) mass is 1080 g/mol. The van der Waals surface area contributed by atoms with Gasteiger partial charge in [-0.25, -0.2) is 0 Å². The van der Waals surface area contributed by atoms with Crippen LogP contribution in [0.1, 0.15) is 44.5 Å².